The van der Waals surface area contributed by atoms with Crippen LogP contribution < -0.4 is 10.1 Å². The van der Waals surface area contributed by atoms with Crippen molar-refractivity contribution in [3.8, 4) is 5.75 Å². The van der Waals surface area contributed by atoms with Gasteiger partial charge in [0.05, 0.1) is 11.1 Å². The molecule has 0 atom stereocenters. The molecule has 0 fully saturated rings. The van der Waals surface area contributed by atoms with Crippen molar-refractivity contribution >= 4 is 21.8 Å². The molecule has 0 spiro atoms. The van der Waals surface area contributed by atoms with Gasteiger partial charge in [-0.1, -0.05) is 0 Å². The van der Waals surface area contributed by atoms with Gasteiger partial charge >= 0.3 is 6.61 Å². The lowest BCUT2D eigenvalue weighted by molar-refractivity contribution is -0.0504. The van der Waals surface area contributed by atoms with Gasteiger partial charge in [0.1, 0.15) is 5.75 Å². The van der Waals surface area contributed by atoms with Gasteiger partial charge in [-0.3, -0.25) is 4.79 Å². The van der Waals surface area contributed by atoms with E-state index in [0.717, 1.165) is 0 Å². The molecular weight excluding hydrogens is 312 g/mol. The van der Waals surface area contributed by atoms with Gasteiger partial charge in [-0.2, -0.15) is 8.78 Å². The van der Waals surface area contributed by atoms with E-state index in [-0.39, 0.29) is 17.2 Å². The zero-order chi connectivity index (χ0) is 13.5. The fourth-order valence-electron chi connectivity index (χ4n) is 1.20. The zero-order valence-electron chi connectivity index (χ0n) is 9.58. The molecule has 1 aromatic carbocycles. The van der Waals surface area contributed by atoms with Crippen LogP contribution in [0.2, 0.25) is 0 Å². The van der Waals surface area contributed by atoms with E-state index in [4.69, 9.17) is 4.74 Å². The number of nitrogens with one attached hydrogen (secondary N) is 1. The minimum atomic E-state index is -2.94. The number of amides is 1. The third kappa shape index (κ3) is 4.58. The Bertz CT molecular complexity index is 415. The number of carbonyl (C=O) groups is 1. The highest BCUT2D eigenvalue weighted by atomic mass is 79.9. The Kier molecular flexibility index (Phi) is 6.00. The second kappa shape index (κ2) is 7.27. The van der Waals surface area contributed by atoms with Gasteiger partial charge in [-0.05, 0) is 34.1 Å². The molecule has 0 bridgehead atoms. The number of alkyl halides is 2. The monoisotopic (exact) mass is 323 g/mol. The highest BCUT2D eigenvalue weighted by molar-refractivity contribution is 9.10. The number of hydrogen-bond donors (Lipinski definition) is 1. The van der Waals surface area contributed by atoms with Gasteiger partial charge in [-0.25, -0.2) is 0 Å². The van der Waals surface area contributed by atoms with Crippen molar-refractivity contribution in [1.29, 1.82) is 0 Å². The van der Waals surface area contributed by atoms with E-state index in [1.165, 1.54) is 25.3 Å². The maximum Gasteiger partial charge on any atom is 0.387 e. The van der Waals surface area contributed by atoms with E-state index in [1.807, 2.05) is 0 Å². The van der Waals surface area contributed by atoms with Gasteiger partial charge in [0.25, 0.3) is 5.91 Å². The molecule has 7 heteroatoms. The molecule has 0 aliphatic heterocycles. The van der Waals surface area contributed by atoms with Crippen molar-refractivity contribution in [1.82, 2.24) is 5.32 Å². The highest BCUT2D eigenvalue weighted by Gasteiger charge is 2.12. The zero-order valence-corrected chi connectivity index (χ0v) is 11.2. The normalized spacial score (nSPS) is 10.5. The van der Waals surface area contributed by atoms with E-state index in [0.29, 0.717) is 17.6 Å². The van der Waals surface area contributed by atoms with Crippen LogP contribution in [0.4, 0.5) is 8.78 Å². The van der Waals surface area contributed by atoms with Crippen LogP contribution in [0, 0.1) is 0 Å². The first-order valence-electron chi connectivity index (χ1n) is 5.06. The Hall–Kier alpha value is -1.21. The second-order valence-corrected chi connectivity index (χ2v) is 4.13. The van der Waals surface area contributed by atoms with Gasteiger partial charge in [0.15, 0.2) is 0 Å². The number of carbonyl (C=O) groups excluding carboxylic acids is 1. The molecule has 100 valence electrons. The van der Waals surface area contributed by atoms with E-state index in [2.05, 4.69) is 26.0 Å². The average Bonchev–Trinajstić information content (AvgIpc) is 2.31. The SMILES string of the molecule is COCCNC(=O)c1ccc(Br)c(OC(F)F)c1. The molecule has 0 radical (unpaired) electrons. The summed E-state index contributed by atoms with van der Waals surface area (Å²) in [5.41, 5.74) is 0.241. The summed E-state index contributed by atoms with van der Waals surface area (Å²) < 4.78 is 33.7. The summed E-state index contributed by atoms with van der Waals surface area (Å²) in [6.45, 7) is -2.22. The van der Waals surface area contributed by atoms with Crippen molar-refractivity contribution < 1.29 is 23.0 Å². The Labute approximate surface area is 111 Å². The summed E-state index contributed by atoms with van der Waals surface area (Å²) in [6, 6.07) is 4.23. The third-order valence-corrected chi connectivity index (χ3v) is 2.66. The standard InChI is InChI=1S/C11H12BrF2NO3/c1-17-5-4-15-10(16)7-2-3-8(12)9(6-7)18-11(13)14/h2-3,6,11H,4-5H2,1H3,(H,15,16). The van der Waals surface area contributed by atoms with Gasteiger partial charge in [-0.15, -0.1) is 0 Å². The molecule has 0 aliphatic carbocycles. The minimum absolute atomic E-state index is 0.0793. The quantitative estimate of drug-likeness (QED) is 0.818. The summed E-state index contributed by atoms with van der Waals surface area (Å²) in [7, 11) is 1.51. The molecule has 18 heavy (non-hydrogen) atoms. The molecule has 0 saturated heterocycles. The van der Waals surface area contributed by atoms with Crippen LogP contribution >= 0.6 is 15.9 Å². The van der Waals surface area contributed by atoms with Crippen LogP contribution in [0.1, 0.15) is 10.4 Å². The highest BCUT2D eigenvalue weighted by Crippen LogP contribution is 2.27. The number of hydrogen-bond acceptors (Lipinski definition) is 3. The number of rotatable bonds is 6. The number of ether oxygens (including phenoxy) is 2. The fraction of sp³-hybridized carbons (Fsp3) is 0.364. The molecule has 1 N–H and O–H groups in total. The van der Waals surface area contributed by atoms with Crippen molar-refractivity contribution in [3.05, 3.63) is 28.2 Å². The maximum atomic E-state index is 12.1. The largest absolute Gasteiger partial charge is 0.434 e. The molecule has 0 saturated carbocycles. The van der Waals surface area contributed by atoms with Crippen LogP contribution in [-0.2, 0) is 4.74 Å². The Balaban J connectivity index is 2.74. The van der Waals surface area contributed by atoms with Crippen LogP contribution in [0.5, 0.6) is 5.75 Å². The van der Waals surface area contributed by atoms with Gasteiger partial charge in [0, 0.05) is 19.2 Å². The van der Waals surface area contributed by atoms with Crippen LogP contribution in [0.25, 0.3) is 0 Å². The van der Waals surface area contributed by atoms with Crippen LogP contribution in [-0.4, -0.2) is 32.8 Å². The first-order valence-corrected chi connectivity index (χ1v) is 5.85. The second-order valence-electron chi connectivity index (χ2n) is 3.27. The first-order chi connectivity index (χ1) is 8.54. The lowest BCUT2D eigenvalue weighted by Gasteiger charge is -2.09. The molecular formula is C11H12BrF2NO3. The van der Waals surface area contributed by atoms with Crippen molar-refractivity contribution in [2.24, 2.45) is 0 Å². The van der Waals surface area contributed by atoms with Crippen molar-refractivity contribution in [2.45, 2.75) is 6.61 Å². The predicted molar refractivity (Wildman–Crippen MR) is 65.0 cm³/mol. The smallest absolute Gasteiger partial charge is 0.387 e. The molecule has 0 aliphatic rings. The van der Waals surface area contributed by atoms with E-state index in [9.17, 15) is 13.6 Å². The lowest BCUT2D eigenvalue weighted by Crippen LogP contribution is -2.26. The molecule has 1 rings (SSSR count). The average molecular weight is 324 g/mol. The van der Waals surface area contributed by atoms with Gasteiger partial charge in [0.2, 0.25) is 0 Å². The molecule has 0 unspecified atom stereocenters. The Morgan fingerprint density at radius 3 is 2.83 bits per heavy atom. The topological polar surface area (TPSA) is 47.6 Å². The molecule has 4 nitrogen and oxygen atoms in total. The summed E-state index contributed by atoms with van der Waals surface area (Å²) in [5.74, 6) is -0.456. The molecule has 0 aromatic heterocycles. The van der Waals surface area contributed by atoms with E-state index >= 15 is 0 Å². The number of benzene rings is 1. The molecule has 1 amide bonds. The fourth-order valence-corrected chi connectivity index (χ4v) is 1.54. The molecule has 1 aromatic rings. The van der Waals surface area contributed by atoms with Crippen molar-refractivity contribution in [3.63, 3.8) is 0 Å². The predicted octanol–water partition coefficient (Wildman–Crippen LogP) is 2.43. The van der Waals surface area contributed by atoms with Crippen LogP contribution in [0.3, 0.4) is 0 Å². The third-order valence-electron chi connectivity index (χ3n) is 2.00. The Morgan fingerprint density at radius 2 is 2.22 bits per heavy atom. The Morgan fingerprint density at radius 1 is 1.50 bits per heavy atom. The van der Waals surface area contributed by atoms with Gasteiger partial charge < -0.3 is 14.8 Å². The maximum absolute atomic E-state index is 12.1. The summed E-state index contributed by atoms with van der Waals surface area (Å²) >= 11 is 3.06. The minimum Gasteiger partial charge on any atom is -0.434 e. The number of halogens is 3. The van der Waals surface area contributed by atoms with Crippen LogP contribution in [0.15, 0.2) is 22.7 Å². The first kappa shape index (κ1) is 14.8. The summed E-state index contributed by atoms with van der Waals surface area (Å²) in [6.07, 6.45) is 0. The van der Waals surface area contributed by atoms with E-state index in [1.54, 1.807) is 0 Å². The number of methoxy groups -OCH3 is 1. The van der Waals surface area contributed by atoms with Crippen molar-refractivity contribution in [2.75, 3.05) is 20.3 Å². The summed E-state index contributed by atoms with van der Waals surface area (Å²) in [4.78, 5) is 11.6. The lowest BCUT2D eigenvalue weighted by atomic mass is 10.2. The molecule has 0 heterocycles. The summed E-state index contributed by atoms with van der Waals surface area (Å²) in [5, 5.41) is 2.58. The van der Waals surface area contributed by atoms with E-state index < -0.39 is 6.61 Å².